The number of furan rings is 2. The maximum absolute atomic E-state index is 6.39. The Bertz CT molecular complexity index is 5970. The van der Waals surface area contributed by atoms with Gasteiger partial charge in [-0.2, -0.15) is 0 Å². The van der Waals surface area contributed by atoms with Crippen molar-refractivity contribution >= 4 is 119 Å². The summed E-state index contributed by atoms with van der Waals surface area (Å²) in [4.78, 5) is 0. The van der Waals surface area contributed by atoms with E-state index in [0.29, 0.717) is 0 Å². The number of fused-ring (bicyclic) bond motifs is 14. The van der Waals surface area contributed by atoms with Gasteiger partial charge in [-0.05, 0) is 191 Å². The Kier molecular flexibility index (Phi) is 12.0. The van der Waals surface area contributed by atoms with E-state index in [1.807, 2.05) is 0 Å². The molecule has 0 aliphatic carbocycles. The number of benzene rings is 17. The lowest BCUT2D eigenvalue weighted by atomic mass is 9.85. The van der Waals surface area contributed by atoms with Gasteiger partial charge in [0.05, 0.1) is 0 Å². The molecule has 0 aliphatic heterocycles. The summed E-state index contributed by atoms with van der Waals surface area (Å²) in [6, 6.07) is 118. The summed E-state index contributed by atoms with van der Waals surface area (Å²) in [6.07, 6.45) is 0. The van der Waals surface area contributed by atoms with E-state index in [1.165, 1.54) is 137 Å². The molecular weight excluding hydrogens is 1090 g/mol. The van der Waals surface area contributed by atoms with Crippen LogP contribution in [0.3, 0.4) is 0 Å². The first-order valence-electron chi connectivity index (χ1n) is 30.9. The molecule has 2 nitrogen and oxygen atoms in total. The van der Waals surface area contributed by atoms with Crippen LogP contribution in [-0.4, -0.2) is 0 Å². The Labute approximate surface area is 519 Å². The van der Waals surface area contributed by atoms with Gasteiger partial charge >= 0.3 is 0 Å². The van der Waals surface area contributed by atoms with Gasteiger partial charge in [0.25, 0.3) is 0 Å². The molecule has 0 spiro atoms. The molecule has 19 rings (SSSR count). The Balaban J connectivity index is 0.000000134. The molecule has 0 unspecified atom stereocenters. The first-order valence-corrected chi connectivity index (χ1v) is 30.9. The molecule has 19 aromatic rings. The Morgan fingerprint density at radius 1 is 0.144 bits per heavy atom. The maximum atomic E-state index is 6.39. The summed E-state index contributed by atoms with van der Waals surface area (Å²) < 4.78 is 12.7. The van der Waals surface area contributed by atoms with Crippen LogP contribution in [0.25, 0.3) is 186 Å². The third-order valence-corrected chi connectivity index (χ3v) is 18.7. The first-order chi connectivity index (χ1) is 44.6. The summed E-state index contributed by atoms with van der Waals surface area (Å²) in [6.45, 7) is 0. The standard InChI is InChI=1S/C46H28O.C42H26O/c1-2-10-32-25-36(22-19-29(32)9-1)46-39-15-7-5-13-37(39)45(38-14-6-8-16-40(38)46)31-20-17-30(18-21-31)35-23-24-43-41(27-35)42-26-33-11-3-4-12-34(33)28-44(42)47-43;1-2-12-28(13-3-1)40-33-17-6-8-19-35(33)41(36-20-9-7-18-34(36)40)31-15-10-14-29(25-31)30-22-24-39-38(26-30)37-23-21-27-11-4-5-16-32(27)42(37)43-39/h1-28H;1-26H. The number of rotatable bonds is 6. The molecule has 2 aromatic heterocycles. The smallest absolute Gasteiger partial charge is 0.143 e. The summed E-state index contributed by atoms with van der Waals surface area (Å²) in [5.74, 6) is 0. The zero-order valence-electron chi connectivity index (χ0n) is 49.0. The highest BCUT2D eigenvalue weighted by Crippen LogP contribution is 2.47. The molecule has 90 heavy (non-hydrogen) atoms. The highest BCUT2D eigenvalue weighted by Gasteiger charge is 2.20. The maximum Gasteiger partial charge on any atom is 0.143 e. The fourth-order valence-corrected chi connectivity index (χ4v) is 14.5. The quantitative estimate of drug-likeness (QED) is 0.155. The molecule has 0 saturated heterocycles. The normalized spacial score (nSPS) is 11.8. The monoisotopic (exact) mass is 1140 g/mol. The van der Waals surface area contributed by atoms with Crippen LogP contribution >= 0.6 is 0 Å². The second-order valence-corrected chi connectivity index (χ2v) is 23.8. The van der Waals surface area contributed by atoms with Gasteiger partial charge in [0.2, 0.25) is 0 Å². The van der Waals surface area contributed by atoms with Gasteiger partial charge in [0, 0.05) is 26.9 Å². The van der Waals surface area contributed by atoms with Crippen molar-refractivity contribution in [1.29, 1.82) is 0 Å². The van der Waals surface area contributed by atoms with Crippen molar-refractivity contribution in [2.24, 2.45) is 0 Å². The van der Waals surface area contributed by atoms with Crippen molar-refractivity contribution in [3.05, 3.63) is 328 Å². The lowest BCUT2D eigenvalue weighted by Crippen LogP contribution is -1.91. The molecule has 17 aromatic carbocycles. The van der Waals surface area contributed by atoms with E-state index in [9.17, 15) is 0 Å². The predicted octanol–water partition coefficient (Wildman–Crippen LogP) is 25.2. The first kappa shape index (κ1) is 51.4. The molecule has 2 heterocycles. The molecule has 2 heteroatoms. The van der Waals surface area contributed by atoms with Crippen LogP contribution in [0.1, 0.15) is 0 Å². The largest absolute Gasteiger partial charge is 0.456 e. The van der Waals surface area contributed by atoms with Gasteiger partial charge in [-0.25, -0.2) is 0 Å². The van der Waals surface area contributed by atoms with Crippen LogP contribution in [0, 0.1) is 0 Å². The van der Waals surface area contributed by atoms with E-state index in [2.05, 4.69) is 328 Å². The summed E-state index contributed by atoms with van der Waals surface area (Å²) in [7, 11) is 0. The van der Waals surface area contributed by atoms with Crippen LogP contribution in [-0.2, 0) is 0 Å². The van der Waals surface area contributed by atoms with Crippen LogP contribution in [0.2, 0.25) is 0 Å². The van der Waals surface area contributed by atoms with Gasteiger partial charge in [0.15, 0.2) is 0 Å². The van der Waals surface area contributed by atoms with Gasteiger partial charge < -0.3 is 8.83 Å². The Morgan fingerprint density at radius 3 is 1.09 bits per heavy atom. The minimum absolute atomic E-state index is 0.916. The number of hydrogen-bond acceptors (Lipinski definition) is 2. The van der Waals surface area contributed by atoms with Crippen molar-refractivity contribution in [2.75, 3.05) is 0 Å². The average molecular weight is 1140 g/mol. The zero-order chi connectivity index (χ0) is 59.2. The molecule has 0 saturated carbocycles. The van der Waals surface area contributed by atoms with Crippen molar-refractivity contribution < 1.29 is 8.83 Å². The van der Waals surface area contributed by atoms with E-state index in [0.717, 1.165) is 49.3 Å². The van der Waals surface area contributed by atoms with E-state index in [1.54, 1.807) is 0 Å². The third-order valence-electron chi connectivity index (χ3n) is 18.7. The molecule has 0 fully saturated rings. The Morgan fingerprint density at radius 2 is 0.500 bits per heavy atom. The number of hydrogen-bond donors (Lipinski definition) is 0. The molecule has 0 radical (unpaired) electrons. The minimum atomic E-state index is 0.916. The third kappa shape index (κ3) is 8.49. The van der Waals surface area contributed by atoms with Gasteiger partial charge in [-0.15, -0.1) is 0 Å². The SMILES string of the molecule is c1ccc(-c2c3ccccc3c(-c3cccc(-c4ccc5oc6c7ccccc7ccc6c5c4)c3)c3ccccc23)cc1.c1ccc2cc(-c3c4ccccc4c(-c4ccc(-c5ccc6oc7cc8ccccc8cc7c6c5)cc4)c4ccccc34)ccc2c1. The second kappa shape index (κ2) is 21.0. The topological polar surface area (TPSA) is 26.3 Å². The molecule has 0 N–H and O–H groups in total. The molecule has 0 aliphatic rings. The van der Waals surface area contributed by atoms with Crippen molar-refractivity contribution in [1.82, 2.24) is 0 Å². The fraction of sp³-hybridized carbons (Fsp3) is 0. The van der Waals surface area contributed by atoms with Gasteiger partial charge in [-0.1, -0.05) is 273 Å². The van der Waals surface area contributed by atoms with Crippen LogP contribution in [0.4, 0.5) is 0 Å². The minimum Gasteiger partial charge on any atom is -0.456 e. The molecule has 418 valence electrons. The molecule has 0 atom stereocenters. The average Bonchev–Trinajstić information content (AvgIpc) is 1.04. The fourth-order valence-electron chi connectivity index (χ4n) is 14.5. The molecule has 0 bridgehead atoms. The molecule has 0 amide bonds. The predicted molar refractivity (Wildman–Crippen MR) is 383 cm³/mol. The zero-order valence-corrected chi connectivity index (χ0v) is 49.0. The summed E-state index contributed by atoms with van der Waals surface area (Å²) in [5.41, 5.74) is 18.5. The Hall–Kier alpha value is -11.8. The van der Waals surface area contributed by atoms with E-state index < -0.39 is 0 Å². The second-order valence-electron chi connectivity index (χ2n) is 23.8. The highest BCUT2D eigenvalue weighted by molar-refractivity contribution is 6.24. The van der Waals surface area contributed by atoms with E-state index in [-0.39, 0.29) is 0 Å². The van der Waals surface area contributed by atoms with Gasteiger partial charge in [-0.3, -0.25) is 0 Å². The van der Waals surface area contributed by atoms with Crippen molar-refractivity contribution in [2.45, 2.75) is 0 Å². The summed E-state index contributed by atoms with van der Waals surface area (Å²) >= 11 is 0. The molecular formula is C88H54O2. The van der Waals surface area contributed by atoms with Gasteiger partial charge in [0.1, 0.15) is 22.3 Å². The highest BCUT2D eigenvalue weighted by atomic mass is 16.3. The van der Waals surface area contributed by atoms with Crippen LogP contribution in [0.5, 0.6) is 0 Å². The summed E-state index contributed by atoms with van der Waals surface area (Å²) in [5, 5.41) is 22.0. The van der Waals surface area contributed by atoms with Crippen molar-refractivity contribution in [3.8, 4) is 66.8 Å². The van der Waals surface area contributed by atoms with E-state index >= 15 is 0 Å². The lowest BCUT2D eigenvalue weighted by molar-refractivity contribution is 0.669. The van der Waals surface area contributed by atoms with Crippen LogP contribution < -0.4 is 0 Å². The van der Waals surface area contributed by atoms with Crippen molar-refractivity contribution in [3.63, 3.8) is 0 Å². The lowest BCUT2D eigenvalue weighted by Gasteiger charge is -2.18. The van der Waals surface area contributed by atoms with E-state index in [4.69, 9.17) is 8.83 Å². The van der Waals surface area contributed by atoms with Crippen LogP contribution in [0.15, 0.2) is 336 Å².